The summed E-state index contributed by atoms with van der Waals surface area (Å²) < 4.78 is 0. The first-order valence-corrected chi connectivity index (χ1v) is 10.1. The van der Waals surface area contributed by atoms with Crippen LogP contribution < -0.4 is 20.8 Å². The van der Waals surface area contributed by atoms with Crippen LogP contribution >= 0.6 is 7.26 Å². The van der Waals surface area contributed by atoms with Crippen LogP contribution in [0.1, 0.15) is 0 Å². The van der Waals surface area contributed by atoms with Crippen LogP contribution in [0.15, 0.2) is 84.9 Å². The van der Waals surface area contributed by atoms with E-state index in [1.54, 1.807) is 0 Å². The van der Waals surface area contributed by atoms with Gasteiger partial charge in [0.15, 0.2) is 0 Å². The molecule has 0 saturated heterocycles. The van der Waals surface area contributed by atoms with E-state index in [9.17, 15) is 0 Å². The molecule has 0 aliphatic rings. The van der Waals surface area contributed by atoms with Crippen LogP contribution in [0.25, 0.3) is 0 Å². The molecule has 0 atom stereocenters. The van der Waals surface area contributed by atoms with Crippen LogP contribution in [0.3, 0.4) is 0 Å². The van der Waals surface area contributed by atoms with Crippen molar-refractivity contribution in [3.8, 4) is 0 Å². The Hall–Kier alpha value is -2.11. The van der Waals surface area contributed by atoms with Gasteiger partial charge in [0.2, 0.25) is 0 Å². The molecule has 0 heterocycles. The van der Waals surface area contributed by atoms with E-state index in [-0.39, 0.29) is 0 Å². The highest BCUT2D eigenvalue weighted by Gasteiger charge is 2.39. The molecule has 0 aliphatic heterocycles. The van der Waals surface area contributed by atoms with Gasteiger partial charge in [-0.05, 0) is 48.5 Å². The highest BCUT2D eigenvalue weighted by atomic mass is 31.2. The fraction of sp³-hybridized carbons (Fsp3) is 0.143. The van der Waals surface area contributed by atoms with Crippen LogP contribution in [0, 0.1) is 0 Å². The molecule has 3 rings (SSSR count). The van der Waals surface area contributed by atoms with Gasteiger partial charge < -0.3 is 4.90 Å². The molecular weight excluding hydrogens is 297 g/mol. The van der Waals surface area contributed by atoms with E-state index >= 15 is 0 Å². The van der Waals surface area contributed by atoms with Crippen molar-refractivity contribution in [1.29, 1.82) is 0 Å². The highest BCUT2D eigenvalue weighted by Crippen LogP contribution is 2.51. The maximum Gasteiger partial charge on any atom is 0.109 e. The normalized spacial score (nSPS) is 11.3. The third kappa shape index (κ3) is 3.02. The summed E-state index contributed by atoms with van der Waals surface area (Å²) in [7, 11) is 2.57. The summed E-state index contributed by atoms with van der Waals surface area (Å²) in [6.07, 6.45) is 0. The van der Waals surface area contributed by atoms with E-state index in [0.29, 0.717) is 0 Å². The van der Waals surface area contributed by atoms with E-state index in [1.807, 2.05) is 0 Å². The molecule has 0 aliphatic carbocycles. The molecule has 3 aromatic rings. The molecule has 1 nitrogen and oxygen atoms in total. The Kier molecular flexibility index (Phi) is 4.50. The molecule has 2 heteroatoms. The highest BCUT2D eigenvalue weighted by molar-refractivity contribution is 7.95. The third-order valence-electron chi connectivity index (χ3n) is 4.43. The second-order valence-corrected chi connectivity index (χ2v) is 9.65. The summed E-state index contributed by atoms with van der Waals surface area (Å²) in [5.74, 6) is 0. The standard InChI is InChI=1S/C21H23NP/c1-22(2)18-14-16-21(17-15-18)23(3,19-10-6-4-7-11-19)20-12-8-5-9-13-20/h4-17H,1-3H3/q+1. The molecule has 3 aromatic carbocycles. The lowest BCUT2D eigenvalue weighted by Gasteiger charge is -2.23. The molecule has 0 saturated carbocycles. The Morgan fingerprint density at radius 1 is 0.565 bits per heavy atom. The van der Waals surface area contributed by atoms with Gasteiger partial charge in [-0.15, -0.1) is 0 Å². The summed E-state index contributed by atoms with van der Waals surface area (Å²) in [6.45, 7) is 2.42. The summed E-state index contributed by atoms with van der Waals surface area (Å²) in [5.41, 5.74) is 1.24. The van der Waals surface area contributed by atoms with Gasteiger partial charge in [0.1, 0.15) is 23.2 Å². The van der Waals surface area contributed by atoms with Crippen LogP contribution in [0.5, 0.6) is 0 Å². The monoisotopic (exact) mass is 320 g/mol. The Labute approximate surface area is 139 Å². The summed E-state index contributed by atoms with van der Waals surface area (Å²) in [6, 6.07) is 30.8. The molecule has 0 unspecified atom stereocenters. The second kappa shape index (κ2) is 6.56. The average molecular weight is 320 g/mol. The molecule has 23 heavy (non-hydrogen) atoms. The van der Waals surface area contributed by atoms with Crippen molar-refractivity contribution in [2.75, 3.05) is 25.7 Å². The van der Waals surface area contributed by atoms with E-state index in [1.165, 1.54) is 21.6 Å². The van der Waals surface area contributed by atoms with Crippen molar-refractivity contribution < 1.29 is 0 Å². The maximum absolute atomic E-state index is 2.42. The number of anilines is 1. The van der Waals surface area contributed by atoms with E-state index in [4.69, 9.17) is 0 Å². The number of nitrogens with zero attached hydrogens (tertiary/aromatic N) is 1. The summed E-state index contributed by atoms with van der Waals surface area (Å²) in [4.78, 5) is 2.14. The molecule has 0 bridgehead atoms. The molecule has 0 amide bonds. The number of benzene rings is 3. The lowest BCUT2D eigenvalue weighted by Crippen LogP contribution is -2.30. The van der Waals surface area contributed by atoms with Crippen molar-refractivity contribution in [3.63, 3.8) is 0 Å². The zero-order valence-electron chi connectivity index (χ0n) is 14.0. The molecular formula is C21H23NP+. The van der Waals surface area contributed by atoms with Crippen molar-refractivity contribution >= 4 is 28.9 Å². The largest absolute Gasteiger partial charge is 0.378 e. The second-order valence-electron chi connectivity index (χ2n) is 6.09. The van der Waals surface area contributed by atoms with Gasteiger partial charge in [0.05, 0.1) is 6.66 Å². The van der Waals surface area contributed by atoms with Gasteiger partial charge in [0, 0.05) is 19.8 Å². The topological polar surface area (TPSA) is 3.24 Å². The van der Waals surface area contributed by atoms with Crippen molar-refractivity contribution in [2.24, 2.45) is 0 Å². The molecule has 0 spiro atoms. The fourth-order valence-corrected chi connectivity index (χ4v) is 6.13. The van der Waals surface area contributed by atoms with Gasteiger partial charge in [0.25, 0.3) is 0 Å². The number of hydrogen-bond donors (Lipinski definition) is 0. The van der Waals surface area contributed by atoms with Gasteiger partial charge in [-0.3, -0.25) is 0 Å². The molecule has 116 valence electrons. The summed E-state index contributed by atoms with van der Waals surface area (Å²) >= 11 is 0. The first-order chi connectivity index (χ1) is 11.1. The lowest BCUT2D eigenvalue weighted by molar-refractivity contribution is 1.13. The fourth-order valence-electron chi connectivity index (χ4n) is 2.95. The van der Waals surface area contributed by atoms with E-state index < -0.39 is 7.26 Å². The molecule has 0 fully saturated rings. The quantitative estimate of drug-likeness (QED) is 0.663. The third-order valence-corrected chi connectivity index (χ3v) is 8.42. The zero-order chi connectivity index (χ0) is 16.3. The molecule has 0 radical (unpaired) electrons. The number of hydrogen-bond acceptors (Lipinski definition) is 1. The van der Waals surface area contributed by atoms with Gasteiger partial charge in [-0.1, -0.05) is 36.4 Å². The predicted molar refractivity (Wildman–Crippen MR) is 105 cm³/mol. The summed E-state index contributed by atoms with van der Waals surface area (Å²) in [5, 5.41) is 4.26. The smallest absolute Gasteiger partial charge is 0.109 e. The van der Waals surface area contributed by atoms with Gasteiger partial charge in [-0.2, -0.15) is 0 Å². The number of rotatable bonds is 4. The minimum absolute atomic E-state index is 1.24. The van der Waals surface area contributed by atoms with Crippen LogP contribution in [0.2, 0.25) is 0 Å². The zero-order valence-corrected chi connectivity index (χ0v) is 14.9. The first-order valence-electron chi connectivity index (χ1n) is 7.88. The van der Waals surface area contributed by atoms with Gasteiger partial charge in [-0.25, -0.2) is 0 Å². The first kappa shape index (κ1) is 15.8. The van der Waals surface area contributed by atoms with E-state index in [2.05, 4.69) is 111 Å². The molecule has 0 aromatic heterocycles. The van der Waals surface area contributed by atoms with Crippen LogP contribution in [-0.2, 0) is 0 Å². The average Bonchev–Trinajstić information content (AvgIpc) is 2.62. The Morgan fingerprint density at radius 3 is 1.35 bits per heavy atom. The Bertz CT molecular complexity index is 709. The predicted octanol–water partition coefficient (Wildman–Crippen LogP) is 3.68. The molecule has 0 N–H and O–H groups in total. The van der Waals surface area contributed by atoms with Crippen molar-refractivity contribution in [3.05, 3.63) is 84.9 Å². The lowest BCUT2D eigenvalue weighted by atomic mass is 10.3. The van der Waals surface area contributed by atoms with Crippen LogP contribution in [0.4, 0.5) is 5.69 Å². The van der Waals surface area contributed by atoms with Crippen molar-refractivity contribution in [1.82, 2.24) is 0 Å². The maximum atomic E-state index is 2.42. The van der Waals surface area contributed by atoms with Crippen molar-refractivity contribution in [2.45, 2.75) is 0 Å². The SMILES string of the molecule is CN(C)c1ccc([P+](C)(c2ccccc2)c2ccccc2)cc1. The Balaban J connectivity index is 2.16. The Morgan fingerprint density at radius 2 is 0.957 bits per heavy atom. The van der Waals surface area contributed by atoms with Crippen LogP contribution in [-0.4, -0.2) is 20.8 Å². The minimum Gasteiger partial charge on any atom is -0.378 e. The van der Waals surface area contributed by atoms with Gasteiger partial charge >= 0.3 is 0 Å². The minimum atomic E-state index is -1.60. The van der Waals surface area contributed by atoms with E-state index in [0.717, 1.165) is 0 Å².